The number of hydrogen-bond donors (Lipinski definition) is 1. The molecule has 0 saturated carbocycles. The Morgan fingerprint density at radius 2 is 2.20 bits per heavy atom. The summed E-state index contributed by atoms with van der Waals surface area (Å²) in [4.78, 5) is 22.3. The van der Waals surface area contributed by atoms with E-state index in [9.17, 15) is 9.59 Å². The molecule has 0 aromatic carbocycles. The van der Waals surface area contributed by atoms with E-state index >= 15 is 0 Å². The molecule has 0 spiro atoms. The first-order valence-corrected chi connectivity index (χ1v) is 2.82. The van der Waals surface area contributed by atoms with Crippen molar-refractivity contribution in [2.45, 2.75) is 6.92 Å². The minimum Gasteiger partial charge on any atom is -0.376 e. The van der Waals surface area contributed by atoms with Crippen molar-refractivity contribution in [3.63, 3.8) is 0 Å². The predicted octanol–water partition coefficient (Wildman–Crippen LogP) is -0.749. The normalized spacial score (nSPS) is 18.2. The van der Waals surface area contributed by atoms with E-state index in [0.29, 0.717) is 5.57 Å². The molecule has 0 radical (unpaired) electrons. The molecule has 4 nitrogen and oxygen atoms in total. The highest BCUT2D eigenvalue weighted by atomic mass is 16.3. The van der Waals surface area contributed by atoms with Gasteiger partial charge in [-0.2, -0.15) is 0 Å². The van der Waals surface area contributed by atoms with Gasteiger partial charge in [-0.1, -0.05) is 0 Å². The van der Waals surface area contributed by atoms with Gasteiger partial charge in [-0.25, -0.2) is 0 Å². The highest BCUT2D eigenvalue weighted by Crippen LogP contribution is 2.09. The Morgan fingerprint density at radius 1 is 1.60 bits per heavy atom. The van der Waals surface area contributed by atoms with Crippen molar-refractivity contribution in [3.05, 3.63) is 11.6 Å². The Balaban J connectivity index is 2.87. The summed E-state index contributed by atoms with van der Waals surface area (Å²) in [7, 11) is 0. The van der Waals surface area contributed by atoms with Crippen molar-refractivity contribution >= 4 is 11.8 Å². The lowest BCUT2D eigenvalue weighted by Crippen LogP contribution is -2.31. The zero-order chi connectivity index (χ0) is 7.72. The number of aliphatic hydroxyl groups excluding tert-OH is 1. The molecule has 2 amide bonds. The predicted molar refractivity (Wildman–Crippen MR) is 32.7 cm³/mol. The van der Waals surface area contributed by atoms with Crippen molar-refractivity contribution in [1.29, 1.82) is 0 Å². The fourth-order valence-electron chi connectivity index (χ4n) is 0.772. The van der Waals surface area contributed by atoms with Gasteiger partial charge < -0.3 is 5.11 Å². The Kier molecular flexibility index (Phi) is 1.55. The number of carbonyl (C=O) groups excluding carboxylic acids is 2. The molecule has 54 valence electrons. The average molecular weight is 141 g/mol. The van der Waals surface area contributed by atoms with Gasteiger partial charge in [0.05, 0.1) is 0 Å². The summed E-state index contributed by atoms with van der Waals surface area (Å²) in [6.07, 6.45) is 1.21. The first-order chi connectivity index (χ1) is 4.66. The van der Waals surface area contributed by atoms with E-state index in [4.69, 9.17) is 5.11 Å². The van der Waals surface area contributed by atoms with E-state index in [0.717, 1.165) is 4.90 Å². The summed E-state index contributed by atoms with van der Waals surface area (Å²) in [6.45, 7) is 1.00. The van der Waals surface area contributed by atoms with E-state index in [1.807, 2.05) is 0 Å². The van der Waals surface area contributed by atoms with E-state index < -0.39 is 18.5 Å². The van der Waals surface area contributed by atoms with Gasteiger partial charge in [0.2, 0.25) is 0 Å². The Hall–Kier alpha value is -1.16. The second kappa shape index (κ2) is 2.22. The summed E-state index contributed by atoms with van der Waals surface area (Å²) in [5, 5.41) is 8.48. The van der Waals surface area contributed by atoms with Gasteiger partial charge in [-0.3, -0.25) is 14.5 Å². The lowest BCUT2D eigenvalue weighted by molar-refractivity contribution is -0.141. The summed E-state index contributed by atoms with van der Waals surface area (Å²) in [6, 6.07) is 0. The van der Waals surface area contributed by atoms with Gasteiger partial charge in [-0.05, 0) is 6.92 Å². The van der Waals surface area contributed by atoms with E-state index in [1.165, 1.54) is 13.0 Å². The zero-order valence-electron chi connectivity index (χ0n) is 5.50. The van der Waals surface area contributed by atoms with Crippen LogP contribution in [0.3, 0.4) is 0 Å². The van der Waals surface area contributed by atoms with Gasteiger partial charge >= 0.3 is 0 Å². The minimum atomic E-state index is -0.536. The van der Waals surface area contributed by atoms with E-state index in [2.05, 4.69) is 0 Å². The SMILES string of the molecule is CC1=CC(=O)N(CO)C1=O. The number of hydrogen-bond acceptors (Lipinski definition) is 3. The molecule has 1 aliphatic heterocycles. The molecule has 1 aliphatic rings. The molecule has 0 aromatic rings. The van der Waals surface area contributed by atoms with Gasteiger partial charge in [-0.15, -0.1) is 0 Å². The number of imide groups is 1. The zero-order valence-corrected chi connectivity index (χ0v) is 5.50. The summed E-state index contributed by atoms with van der Waals surface area (Å²) in [5.74, 6) is -0.850. The number of amides is 2. The summed E-state index contributed by atoms with van der Waals surface area (Å²) in [5.41, 5.74) is 0.374. The van der Waals surface area contributed by atoms with Crippen molar-refractivity contribution in [1.82, 2.24) is 4.90 Å². The van der Waals surface area contributed by atoms with Crippen LogP contribution in [-0.2, 0) is 9.59 Å². The van der Waals surface area contributed by atoms with Crippen molar-refractivity contribution in [3.8, 4) is 0 Å². The van der Waals surface area contributed by atoms with Crippen molar-refractivity contribution in [2.24, 2.45) is 0 Å². The largest absolute Gasteiger partial charge is 0.376 e. The lowest BCUT2D eigenvalue weighted by Gasteiger charge is -2.08. The second-order valence-electron chi connectivity index (χ2n) is 2.04. The van der Waals surface area contributed by atoms with Gasteiger partial charge in [0.1, 0.15) is 6.73 Å². The average Bonchev–Trinajstić information content (AvgIpc) is 2.09. The number of nitrogens with zero attached hydrogens (tertiary/aromatic N) is 1. The summed E-state index contributed by atoms with van der Waals surface area (Å²) < 4.78 is 0. The monoisotopic (exact) mass is 141 g/mol. The van der Waals surface area contributed by atoms with Crippen molar-refractivity contribution in [2.75, 3.05) is 6.73 Å². The molecule has 0 saturated heterocycles. The van der Waals surface area contributed by atoms with Crippen LogP contribution in [0.4, 0.5) is 0 Å². The highest BCUT2D eigenvalue weighted by Gasteiger charge is 2.26. The molecular formula is C6H7NO3. The molecule has 0 aromatic heterocycles. The van der Waals surface area contributed by atoms with Crippen LogP contribution in [0.1, 0.15) is 6.92 Å². The molecule has 0 bridgehead atoms. The third-order valence-electron chi connectivity index (χ3n) is 1.33. The van der Waals surface area contributed by atoms with E-state index in [1.54, 1.807) is 0 Å². The molecular weight excluding hydrogens is 134 g/mol. The highest BCUT2D eigenvalue weighted by molar-refractivity contribution is 6.15. The second-order valence-corrected chi connectivity index (χ2v) is 2.04. The van der Waals surface area contributed by atoms with Gasteiger partial charge in [0, 0.05) is 11.6 Å². The molecule has 0 aliphatic carbocycles. The molecule has 0 atom stereocenters. The number of rotatable bonds is 1. The van der Waals surface area contributed by atoms with Crippen LogP contribution in [0.15, 0.2) is 11.6 Å². The van der Waals surface area contributed by atoms with Crippen LogP contribution in [0, 0.1) is 0 Å². The van der Waals surface area contributed by atoms with Crippen molar-refractivity contribution < 1.29 is 14.7 Å². The smallest absolute Gasteiger partial charge is 0.258 e. The molecule has 4 heteroatoms. The molecule has 0 fully saturated rings. The standard InChI is InChI=1S/C6H7NO3/c1-4-2-5(9)7(3-8)6(4)10/h2,8H,3H2,1H3. The Morgan fingerprint density at radius 3 is 2.40 bits per heavy atom. The Labute approximate surface area is 57.7 Å². The van der Waals surface area contributed by atoms with Gasteiger partial charge in [0.25, 0.3) is 11.8 Å². The maximum absolute atomic E-state index is 10.8. The Bertz CT molecular complexity index is 219. The first-order valence-electron chi connectivity index (χ1n) is 2.82. The quantitative estimate of drug-likeness (QED) is 0.489. The van der Waals surface area contributed by atoms with Crippen LogP contribution < -0.4 is 0 Å². The maximum Gasteiger partial charge on any atom is 0.258 e. The number of aliphatic hydroxyl groups is 1. The van der Waals surface area contributed by atoms with Gasteiger partial charge in [0.15, 0.2) is 0 Å². The fourth-order valence-corrected chi connectivity index (χ4v) is 0.772. The molecule has 10 heavy (non-hydrogen) atoms. The third kappa shape index (κ3) is 0.823. The molecule has 0 unspecified atom stereocenters. The molecule has 1 heterocycles. The van der Waals surface area contributed by atoms with Crippen LogP contribution in [-0.4, -0.2) is 28.6 Å². The van der Waals surface area contributed by atoms with Crippen LogP contribution in [0.25, 0.3) is 0 Å². The third-order valence-corrected chi connectivity index (χ3v) is 1.33. The maximum atomic E-state index is 10.8. The molecule has 1 rings (SSSR count). The topological polar surface area (TPSA) is 57.6 Å². The number of carbonyl (C=O) groups is 2. The van der Waals surface area contributed by atoms with E-state index in [-0.39, 0.29) is 0 Å². The minimum absolute atomic E-state index is 0.374. The fraction of sp³-hybridized carbons (Fsp3) is 0.333. The first kappa shape index (κ1) is 6.95. The van der Waals surface area contributed by atoms with Crippen LogP contribution in [0.2, 0.25) is 0 Å². The summed E-state index contributed by atoms with van der Waals surface area (Å²) >= 11 is 0. The lowest BCUT2D eigenvalue weighted by atomic mass is 10.3. The van der Waals surface area contributed by atoms with Crippen LogP contribution in [0.5, 0.6) is 0 Å². The molecule has 1 N–H and O–H groups in total. The van der Waals surface area contributed by atoms with Crippen LogP contribution >= 0.6 is 0 Å².